The summed E-state index contributed by atoms with van der Waals surface area (Å²) in [6.45, 7) is 9.81. The molecule has 0 saturated carbocycles. The Kier molecular flexibility index (Phi) is 6.18. The number of rotatable bonds is 6. The Balaban J connectivity index is 1.30. The summed E-state index contributed by atoms with van der Waals surface area (Å²) >= 11 is 0. The summed E-state index contributed by atoms with van der Waals surface area (Å²) in [5, 5.41) is 0. The summed E-state index contributed by atoms with van der Waals surface area (Å²) in [7, 11) is 1.68. The molecule has 8 heteroatoms. The van der Waals surface area contributed by atoms with Crippen LogP contribution in [-0.2, 0) is 25.5 Å². The summed E-state index contributed by atoms with van der Waals surface area (Å²) < 4.78 is 18.7. The number of carbonyl (C=O) groups excluding carboxylic acids is 2. The van der Waals surface area contributed by atoms with Crippen LogP contribution < -0.4 is 0 Å². The maximum Gasteiger partial charge on any atom is 0.255 e. The maximum absolute atomic E-state index is 13.0. The van der Waals surface area contributed by atoms with Crippen LogP contribution in [0.15, 0.2) is 6.07 Å². The van der Waals surface area contributed by atoms with E-state index in [1.807, 2.05) is 29.7 Å². The summed E-state index contributed by atoms with van der Waals surface area (Å²) in [5.41, 5.74) is 2.54. The van der Waals surface area contributed by atoms with Crippen LogP contribution in [0.4, 0.5) is 0 Å². The van der Waals surface area contributed by atoms with Crippen molar-refractivity contribution in [2.24, 2.45) is 5.92 Å². The third-order valence-electron chi connectivity index (χ3n) is 6.68. The Morgan fingerprint density at radius 1 is 1.20 bits per heavy atom. The molecule has 1 aromatic heterocycles. The van der Waals surface area contributed by atoms with Gasteiger partial charge in [0, 0.05) is 44.6 Å². The molecule has 0 N–H and O–H groups in total. The van der Waals surface area contributed by atoms with Gasteiger partial charge in [-0.3, -0.25) is 9.59 Å². The van der Waals surface area contributed by atoms with Gasteiger partial charge in [-0.25, -0.2) is 0 Å². The normalized spacial score (nSPS) is 23.1. The van der Waals surface area contributed by atoms with Gasteiger partial charge in [0.15, 0.2) is 0 Å². The number of methoxy groups -OCH3 is 1. The molecule has 1 atom stereocenters. The minimum Gasteiger partial charge on any atom is -0.383 e. The highest BCUT2D eigenvalue weighted by molar-refractivity contribution is 5.96. The molecular weight excluding hydrogens is 386 g/mol. The second-order valence-electron chi connectivity index (χ2n) is 8.85. The number of aryl methyl sites for hydroxylation is 1. The molecule has 3 saturated heterocycles. The molecule has 3 fully saturated rings. The van der Waals surface area contributed by atoms with Gasteiger partial charge >= 0.3 is 0 Å². The molecular formula is C22H33N3O5. The third kappa shape index (κ3) is 4.13. The van der Waals surface area contributed by atoms with Crippen molar-refractivity contribution in [2.45, 2.75) is 38.8 Å². The molecule has 166 valence electrons. The molecule has 8 nitrogen and oxygen atoms in total. The van der Waals surface area contributed by atoms with Crippen molar-refractivity contribution in [1.29, 1.82) is 0 Å². The van der Waals surface area contributed by atoms with Gasteiger partial charge in [-0.05, 0) is 32.3 Å². The molecule has 1 unspecified atom stereocenters. The number of ether oxygens (including phenoxy) is 3. The molecule has 4 rings (SSSR count). The predicted octanol–water partition coefficient (Wildman–Crippen LogP) is 1.23. The zero-order valence-corrected chi connectivity index (χ0v) is 18.3. The lowest BCUT2D eigenvalue weighted by molar-refractivity contribution is -0.136. The Morgan fingerprint density at radius 2 is 1.93 bits per heavy atom. The standard InChI is InChI=1S/C22H33N3O5/c1-16-10-19(17(2)25(16)6-7-28-3)21(27)24-14-22(15-24)12-18(13-30-22)11-20(26)23-4-8-29-9-5-23/h10,18H,4-9,11-15H2,1-3H3. The lowest BCUT2D eigenvalue weighted by Gasteiger charge is -2.47. The molecule has 0 aromatic carbocycles. The molecule has 0 radical (unpaired) electrons. The van der Waals surface area contributed by atoms with Crippen LogP contribution >= 0.6 is 0 Å². The summed E-state index contributed by atoms with van der Waals surface area (Å²) in [4.78, 5) is 29.3. The molecule has 1 aromatic rings. The van der Waals surface area contributed by atoms with E-state index in [-0.39, 0.29) is 23.3 Å². The number of carbonyl (C=O) groups is 2. The van der Waals surface area contributed by atoms with Crippen LogP contribution in [-0.4, -0.2) is 91.5 Å². The zero-order chi connectivity index (χ0) is 21.3. The fourth-order valence-electron chi connectivity index (χ4n) is 4.99. The van der Waals surface area contributed by atoms with Crippen LogP contribution in [0.2, 0.25) is 0 Å². The van der Waals surface area contributed by atoms with Crippen LogP contribution in [0.5, 0.6) is 0 Å². The first-order valence-electron chi connectivity index (χ1n) is 10.9. The second-order valence-corrected chi connectivity index (χ2v) is 8.85. The average Bonchev–Trinajstić information content (AvgIpc) is 3.27. The van der Waals surface area contributed by atoms with Crippen LogP contribution in [0.1, 0.15) is 34.6 Å². The smallest absolute Gasteiger partial charge is 0.255 e. The molecule has 4 heterocycles. The van der Waals surface area contributed by atoms with Crippen LogP contribution in [0.25, 0.3) is 0 Å². The Bertz CT molecular complexity index is 793. The Hall–Kier alpha value is -1.90. The predicted molar refractivity (Wildman–Crippen MR) is 110 cm³/mol. The van der Waals surface area contributed by atoms with Gasteiger partial charge in [0.1, 0.15) is 5.60 Å². The lowest BCUT2D eigenvalue weighted by Crippen LogP contribution is -2.63. The van der Waals surface area contributed by atoms with Crippen molar-refractivity contribution >= 4 is 11.8 Å². The monoisotopic (exact) mass is 419 g/mol. The van der Waals surface area contributed by atoms with E-state index >= 15 is 0 Å². The number of amides is 2. The van der Waals surface area contributed by atoms with Crippen molar-refractivity contribution in [2.75, 3.05) is 59.7 Å². The SMILES string of the molecule is COCCn1c(C)cc(C(=O)N2CC3(CC(CC(=O)N4CCOCC4)CO3)C2)c1C. The second kappa shape index (κ2) is 8.69. The third-order valence-corrected chi connectivity index (χ3v) is 6.68. The topological polar surface area (TPSA) is 73.2 Å². The quantitative estimate of drug-likeness (QED) is 0.694. The number of hydrogen-bond donors (Lipinski definition) is 0. The Labute approximate surface area is 178 Å². The van der Waals surface area contributed by atoms with E-state index < -0.39 is 0 Å². The molecule has 30 heavy (non-hydrogen) atoms. The van der Waals surface area contributed by atoms with Crippen LogP contribution in [0, 0.1) is 19.8 Å². The number of aromatic nitrogens is 1. The fraction of sp³-hybridized carbons (Fsp3) is 0.727. The minimum absolute atomic E-state index is 0.0637. The molecule has 3 aliphatic rings. The van der Waals surface area contributed by atoms with E-state index in [0.29, 0.717) is 59.0 Å². The van der Waals surface area contributed by atoms with E-state index in [9.17, 15) is 9.59 Å². The van der Waals surface area contributed by atoms with Gasteiger partial charge in [0.05, 0.1) is 45.1 Å². The lowest BCUT2D eigenvalue weighted by atomic mass is 9.85. The van der Waals surface area contributed by atoms with Gasteiger partial charge in [-0.1, -0.05) is 0 Å². The zero-order valence-electron chi connectivity index (χ0n) is 18.3. The first kappa shape index (κ1) is 21.3. The van der Waals surface area contributed by atoms with Gasteiger partial charge in [-0.2, -0.15) is 0 Å². The van der Waals surface area contributed by atoms with Crippen molar-refractivity contribution in [1.82, 2.24) is 14.4 Å². The molecule has 0 bridgehead atoms. The van der Waals surface area contributed by atoms with Crippen molar-refractivity contribution in [3.05, 3.63) is 23.0 Å². The molecule has 2 amide bonds. The fourth-order valence-corrected chi connectivity index (χ4v) is 4.99. The van der Waals surface area contributed by atoms with Crippen LogP contribution in [0.3, 0.4) is 0 Å². The number of hydrogen-bond acceptors (Lipinski definition) is 5. The Morgan fingerprint density at radius 3 is 2.63 bits per heavy atom. The summed E-state index contributed by atoms with van der Waals surface area (Å²) in [5.74, 6) is 0.491. The van der Waals surface area contributed by atoms with Gasteiger partial charge in [0.25, 0.3) is 5.91 Å². The van der Waals surface area contributed by atoms with E-state index in [4.69, 9.17) is 14.2 Å². The van der Waals surface area contributed by atoms with E-state index in [1.54, 1.807) is 7.11 Å². The van der Waals surface area contributed by atoms with Gasteiger partial charge < -0.3 is 28.6 Å². The first-order valence-corrected chi connectivity index (χ1v) is 10.9. The van der Waals surface area contributed by atoms with Crippen molar-refractivity contribution in [3.63, 3.8) is 0 Å². The highest BCUT2D eigenvalue weighted by Gasteiger charge is 2.51. The highest BCUT2D eigenvalue weighted by Crippen LogP contribution is 2.40. The minimum atomic E-state index is -0.271. The molecule has 0 aliphatic carbocycles. The van der Waals surface area contributed by atoms with Crippen molar-refractivity contribution < 1.29 is 23.8 Å². The molecule has 1 spiro atoms. The summed E-state index contributed by atoms with van der Waals surface area (Å²) in [6, 6.07) is 1.97. The number of likely N-dealkylation sites (tertiary alicyclic amines) is 1. The first-order chi connectivity index (χ1) is 14.4. The summed E-state index contributed by atoms with van der Waals surface area (Å²) in [6.07, 6.45) is 1.37. The largest absolute Gasteiger partial charge is 0.383 e. The van der Waals surface area contributed by atoms with Crippen molar-refractivity contribution in [3.8, 4) is 0 Å². The highest BCUT2D eigenvalue weighted by atomic mass is 16.5. The van der Waals surface area contributed by atoms with Gasteiger partial charge in [-0.15, -0.1) is 0 Å². The van der Waals surface area contributed by atoms with E-state index in [2.05, 4.69) is 4.57 Å². The maximum atomic E-state index is 13.0. The van der Waals surface area contributed by atoms with Gasteiger partial charge in [0.2, 0.25) is 5.91 Å². The van der Waals surface area contributed by atoms with E-state index in [0.717, 1.165) is 29.9 Å². The number of morpholine rings is 1. The molecule has 3 aliphatic heterocycles. The number of nitrogens with zero attached hydrogens (tertiary/aromatic N) is 3. The average molecular weight is 420 g/mol. The van der Waals surface area contributed by atoms with E-state index in [1.165, 1.54) is 0 Å².